The molecule has 69 heavy (non-hydrogen) atoms. The molecular formula is C60H110NO7P. The van der Waals surface area contributed by atoms with Gasteiger partial charge in [0, 0.05) is 19.6 Å². The smallest absolute Gasteiger partial charge is 0.457 e. The quantitative estimate of drug-likeness (QED) is 0.0268. The SMILES string of the molecule is CC/C=C\C/C=C\C/C=C\C/C=C\C/C=C\C/C=C\CCCCCCCCC(=O)OC(COCCCCCCCCCCCCCCCCCCCCCCCCCCC)COP(=O)(O)OCCN. The minimum atomic E-state index is -4.29. The van der Waals surface area contributed by atoms with E-state index in [9.17, 15) is 14.3 Å². The van der Waals surface area contributed by atoms with Gasteiger partial charge in [-0.3, -0.25) is 13.8 Å². The molecule has 0 rings (SSSR count). The summed E-state index contributed by atoms with van der Waals surface area (Å²) in [4.78, 5) is 22.7. The Morgan fingerprint density at radius 3 is 1.22 bits per heavy atom. The first-order valence-electron chi connectivity index (χ1n) is 28.9. The molecule has 2 atom stereocenters. The number of allylic oxidation sites excluding steroid dienone is 12. The number of rotatable bonds is 55. The molecule has 0 bridgehead atoms. The lowest BCUT2D eigenvalue weighted by Crippen LogP contribution is -2.28. The van der Waals surface area contributed by atoms with Crippen LogP contribution in [0.1, 0.15) is 264 Å². The van der Waals surface area contributed by atoms with E-state index in [1.165, 1.54) is 161 Å². The van der Waals surface area contributed by atoms with E-state index in [-0.39, 0.29) is 32.3 Å². The Labute approximate surface area is 426 Å². The fourth-order valence-electron chi connectivity index (χ4n) is 8.18. The average Bonchev–Trinajstić information content (AvgIpc) is 3.34. The van der Waals surface area contributed by atoms with Gasteiger partial charge in [0.25, 0.3) is 0 Å². The summed E-state index contributed by atoms with van der Waals surface area (Å²) >= 11 is 0. The summed E-state index contributed by atoms with van der Waals surface area (Å²) in [6.07, 6.45) is 73.9. The second-order valence-electron chi connectivity index (χ2n) is 19.1. The number of carbonyl (C=O) groups excluding carboxylic acids is 1. The van der Waals surface area contributed by atoms with Gasteiger partial charge >= 0.3 is 13.8 Å². The van der Waals surface area contributed by atoms with Crippen molar-refractivity contribution in [1.82, 2.24) is 0 Å². The lowest BCUT2D eigenvalue weighted by atomic mass is 10.0. The fraction of sp³-hybridized carbons (Fsp3) is 0.783. The normalized spacial score (nSPS) is 13.7. The lowest BCUT2D eigenvalue weighted by molar-refractivity contribution is -0.154. The minimum Gasteiger partial charge on any atom is -0.457 e. The van der Waals surface area contributed by atoms with Gasteiger partial charge < -0.3 is 20.1 Å². The molecule has 0 spiro atoms. The number of phosphoric ester groups is 1. The van der Waals surface area contributed by atoms with E-state index < -0.39 is 13.9 Å². The molecule has 0 aliphatic heterocycles. The van der Waals surface area contributed by atoms with Gasteiger partial charge in [-0.2, -0.15) is 0 Å². The van der Waals surface area contributed by atoms with Crippen LogP contribution >= 0.6 is 7.82 Å². The highest BCUT2D eigenvalue weighted by molar-refractivity contribution is 7.47. The van der Waals surface area contributed by atoms with Crippen LogP contribution in [0.5, 0.6) is 0 Å². The van der Waals surface area contributed by atoms with E-state index in [0.29, 0.717) is 13.0 Å². The van der Waals surface area contributed by atoms with E-state index in [1.54, 1.807) is 0 Å². The highest BCUT2D eigenvalue weighted by atomic mass is 31.2. The van der Waals surface area contributed by atoms with E-state index >= 15 is 0 Å². The maximum absolute atomic E-state index is 12.7. The highest BCUT2D eigenvalue weighted by Crippen LogP contribution is 2.43. The zero-order valence-corrected chi connectivity index (χ0v) is 45.9. The Kier molecular flexibility index (Phi) is 55.2. The van der Waals surface area contributed by atoms with Crippen LogP contribution in [0, 0.1) is 0 Å². The van der Waals surface area contributed by atoms with Crippen LogP contribution in [0.2, 0.25) is 0 Å². The zero-order valence-electron chi connectivity index (χ0n) is 45.0. The average molecular weight is 989 g/mol. The maximum Gasteiger partial charge on any atom is 0.472 e. The van der Waals surface area contributed by atoms with Crippen molar-refractivity contribution in [3.63, 3.8) is 0 Å². The van der Waals surface area contributed by atoms with Gasteiger partial charge in [-0.1, -0.05) is 267 Å². The van der Waals surface area contributed by atoms with Gasteiger partial charge in [0.05, 0.1) is 19.8 Å². The summed E-state index contributed by atoms with van der Waals surface area (Å²) in [5.41, 5.74) is 5.40. The zero-order chi connectivity index (χ0) is 50.1. The molecule has 0 amide bonds. The van der Waals surface area contributed by atoms with Crippen molar-refractivity contribution in [2.75, 3.05) is 33.0 Å². The van der Waals surface area contributed by atoms with Crippen LogP contribution in [-0.4, -0.2) is 49.9 Å². The maximum atomic E-state index is 12.7. The van der Waals surface area contributed by atoms with Crippen molar-refractivity contribution in [2.24, 2.45) is 5.73 Å². The molecule has 8 nitrogen and oxygen atoms in total. The number of hydrogen-bond acceptors (Lipinski definition) is 7. The number of nitrogens with two attached hydrogens (primary N) is 1. The molecule has 0 aromatic heterocycles. The third-order valence-corrected chi connectivity index (χ3v) is 13.4. The molecule has 0 saturated heterocycles. The van der Waals surface area contributed by atoms with E-state index in [1.807, 2.05) is 0 Å². The van der Waals surface area contributed by atoms with Crippen molar-refractivity contribution in [3.05, 3.63) is 72.9 Å². The van der Waals surface area contributed by atoms with E-state index in [0.717, 1.165) is 83.5 Å². The van der Waals surface area contributed by atoms with Crippen molar-refractivity contribution < 1.29 is 32.8 Å². The van der Waals surface area contributed by atoms with Crippen molar-refractivity contribution in [3.8, 4) is 0 Å². The molecular weight excluding hydrogens is 878 g/mol. The first kappa shape index (κ1) is 66.9. The highest BCUT2D eigenvalue weighted by Gasteiger charge is 2.25. The summed E-state index contributed by atoms with van der Waals surface area (Å²) in [5, 5.41) is 0. The first-order valence-corrected chi connectivity index (χ1v) is 30.4. The lowest BCUT2D eigenvalue weighted by Gasteiger charge is -2.20. The van der Waals surface area contributed by atoms with Crippen LogP contribution in [0.15, 0.2) is 72.9 Å². The molecule has 3 N–H and O–H groups in total. The molecule has 0 saturated carbocycles. The first-order chi connectivity index (χ1) is 33.9. The molecule has 9 heteroatoms. The predicted octanol–water partition coefficient (Wildman–Crippen LogP) is 18.6. The summed E-state index contributed by atoms with van der Waals surface area (Å²) in [6, 6.07) is 0. The monoisotopic (exact) mass is 988 g/mol. The number of phosphoric acid groups is 1. The van der Waals surface area contributed by atoms with Crippen molar-refractivity contribution >= 4 is 13.8 Å². The third kappa shape index (κ3) is 56.7. The van der Waals surface area contributed by atoms with Gasteiger partial charge in [-0.05, 0) is 64.2 Å². The number of esters is 1. The molecule has 0 radical (unpaired) electrons. The van der Waals surface area contributed by atoms with Crippen LogP contribution < -0.4 is 5.73 Å². The van der Waals surface area contributed by atoms with Gasteiger partial charge in [0.2, 0.25) is 0 Å². The van der Waals surface area contributed by atoms with Crippen LogP contribution in [0.3, 0.4) is 0 Å². The number of carbonyl (C=O) groups is 1. The fourth-order valence-corrected chi connectivity index (χ4v) is 8.95. The summed E-state index contributed by atoms with van der Waals surface area (Å²) in [7, 11) is -4.29. The molecule has 0 aromatic carbocycles. The number of hydrogen-bond donors (Lipinski definition) is 2. The predicted molar refractivity (Wildman–Crippen MR) is 298 cm³/mol. The minimum absolute atomic E-state index is 0.0958. The Morgan fingerprint density at radius 2 is 0.812 bits per heavy atom. The molecule has 2 unspecified atom stereocenters. The second-order valence-corrected chi connectivity index (χ2v) is 20.6. The van der Waals surface area contributed by atoms with Crippen LogP contribution in [0.4, 0.5) is 0 Å². The molecule has 0 aliphatic rings. The number of unbranched alkanes of at least 4 members (excludes halogenated alkanes) is 30. The van der Waals surface area contributed by atoms with Crippen molar-refractivity contribution in [1.29, 1.82) is 0 Å². The van der Waals surface area contributed by atoms with Crippen molar-refractivity contribution in [2.45, 2.75) is 270 Å². The third-order valence-electron chi connectivity index (χ3n) is 12.4. The van der Waals surface area contributed by atoms with E-state index in [4.69, 9.17) is 24.3 Å². The molecule has 0 aliphatic carbocycles. The summed E-state index contributed by atoms with van der Waals surface area (Å²) in [6.45, 7) is 4.83. The summed E-state index contributed by atoms with van der Waals surface area (Å²) < 4.78 is 33.7. The van der Waals surface area contributed by atoms with E-state index in [2.05, 4.69) is 86.8 Å². The standard InChI is InChI=1S/C60H110NO7P/c1-3-5-7-9-11-13-15-17-19-21-23-25-27-29-31-33-35-37-39-41-43-45-47-49-51-53-60(62)68-59(58-67-69(63,64)66-56-54-61)57-65-55-52-50-48-46-44-42-40-38-36-34-32-30-28-26-24-22-20-18-16-14-12-10-8-6-4-2/h5,7,11,13,17,19,23,25,29,31,35,37,59H,3-4,6,8-10,12,14-16,18,20-22,24,26-28,30,32-34,36,38-58,61H2,1-2H3,(H,63,64)/b7-5-,13-11-,19-17-,25-23-,31-29-,37-35-. The Balaban J connectivity index is 3.92. The largest absolute Gasteiger partial charge is 0.472 e. The van der Waals surface area contributed by atoms with Gasteiger partial charge in [0.15, 0.2) is 0 Å². The van der Waals surface area contributed by atoms with Crippen LogP contribution in [-0.2, 0) is 27.9 Å². The Bertz CT molecular complexity index is 1290. The number of ether oxygens (including phenoxy) is 2. The Morgan fingerprint density at radius 1 is 0.449 bits per heavy atom. The summed E-state index contributed by atoms with van der Waals surface area (Å²) in [5.74, 6) is -0.342. The molecule has 0 heterocycles. The Hall–Kier alpha value is -2.06. The van der Waals surface area contributed by atoms with Gasteiger partial charge in [-0.25, -0.2) is 4.57 Å². The molecule has 402 valence electrons. The second kappa shape index (κ2) is 56.8. The molecule has 0 fully saturated rings. The van der Waals surface area contributed by atoms with Gasteiger partial charge in [0.1, 0.15) is 6.10 Å². The molecule has 0 aromatic rings. The van der Waals surface area contributed by atoms with Gasteiger partial charge in [-0.15, -0.1) is 0 Å². The van der Waals surface area contributed by atoms with Crippen LogP contribution in [0.25, 0.3) is 0 Å². The topological polar surface area (TPSA) is 117 Å².